The van der Waals surface area contributed by atoms with Gasteiger partial charge in [-0.3, -0.25) is 10.1 Å². The minimum absolute atomic E-state index is 0.101. The maximum atomic E-state index is 15.1. The summed E-state index contributed by atoms with van der Waals surface area (Å²) in [7, 11) is 0. The molecule has 36 heavy (non-hydrogen) atoms. The van der Waals surface area contributed by atoms with E-state index in [1.165, 1.54) is 11.4 Å². The molecule has 3 rings (SSSR count). The molecule has 2 aromatic carbocycles. The summed E-state index contributed by atoms with van der Waals surface area (Å²) in [6, 6.07) is 1.72. The van der Waals surface area contributed by atoms with Gasteiger partial charge in [0, 0.05) is 34.0 Å². The number of halogens is 10. The first-order valence-electron chi connectivity index (χ1n) is 10.6. The van der Waals surface area contributed by atoms with E-state index in [-0.39, 0.29) is 40.9 Å². The van der Waals surface area contributed by atoms with Gasteiger partial charge in [0.2, 0.25) is 12.3 Å². The molecule has 1 atom stereocenters. The highest BCUT2D eigenvalue weighted by Gasteiger charge is 2.42. The molecule has 0 bridgehead atoms. The monoisotopic (exact) mass is 559 g/mol. The van der Waals surface area contributed by atoms with Gasteiger partial charge in [0.05, 0.1) is 0 Å². The van der Waals surface area contributed by atoms with Gasteiger partial charge < -0.3 is 0 Å². The van der Waals surface area contributed by atoms with Crippen molar-refractivity contribution < 1.29 is 39.9 Å². The van der Waals surface area contributed by atoms with Gasteiger partial charge >= 0.3 is 12.2 Å². The second-order valence-electron chi connectivity index (χ2n) is 8.51. The number of alkyl halides is 7. The van der Waals surface area contributed by atoms with Crippen molar-refractivity contribution >= 4 is 35.4 Å². The summed E-state index contributed by atoms with van der Waals surface area (Å²) in [5.41, 5.74) is -2.08. The first-order chi connectivity index (χ1) is 16.6. The predicted octanol–water partition coefficient (Wildman–Crippen LogP) is 8.74. The van der Waals surface area contributed by atoms with E-state index in [1.54, 1.807) is 0 Å². The van der Waals surface area contributed by atoms with E-state index in [0.29, 0.717) is 6.07 Å². The zero-order valence-electron chi connectivity index (χ0n) is 18.3. The summed E-state index contributed by atoms with van der Waals surface area (Å²) < 4.78 is 113. The van der Waals surface area contributed by atoms with Gasteiger partial charge in [-0.1, -0.05) is 35.3 Å². The SMILES string of the molecule is O=CNC(F)(F)c1cc(/C(F)=C/C(c2cc(Cl)cc(Cl)c2)C(F)(F)F)ccc1C1CCC(F)(F)CC1. The number of benzene rings is 2. The average Bonchev–Trinajstić information content (AvgIpc) is 2.75. The molecule has 1 fully saturated rings. The van der Waals surface area contributed by atoms with E-state index in [0.717, 1.165) is 24.3 Å². The molecule has 1 amide bonds. The van der Waals surface area contributed by atoms with E-state index in [1.807, 2.05) is 0 Å². The second-order valence-corrected chi connectivity index (χ2v) is 9.38. The smallest absolute Gasteiger partial charge is 0.296 e. The summed E-state index contributed by atoms with van der Waals surface area (Å²) in [5, 5.41) is 1.05. The Morgan fingerprint density at radius 1 is 1.00 bits per heavy atom. The Labute approximate surface area is 211 Å². The van der Waals surface area contributed by atoms with Crippen LogP contribution >= 0.6 is 23.2 Å². The Balaban J connectivity index is 2.07. The zero-order valence-corrected chi connectivity index (χ0v) is 19.8. The molecule has 1 saturated carbocycles. The Kier molecular flexibility index (Phi) is 8.30. The van der Waals surface area contributed by atoms with Crippen molar-refractivity contribution in [2.24, 2.45) is 0 Å². The standard InChI is InChI=1S/C24H19Cl2F8NO/c25-16-7-15(8-17(26)10-16)19(23(30,31)32)11-21(27)14-1-2-18(13-3-5-22(28,29)6-4-13)20(9-14)24(33,34)35-12-36/h1-2,7-13,19H,3-6H2,(H,35,36)/b21-11-. The maximum absolute atomic E-state index is 15.1. The van der Waals surface area contributed by atoms with Crippen molar-refractivity contribution in [3.63, 3.8) is 0 Å². The number of carbonyl (C=O) groups excluding carboxylic acids is 1. The van der Waals surface area contributed by atoms with E-state index >= 15 is 4.39 Å². The molecule has 1 aliphatic carbocycles. The molecule has 2 aromatic rings. The van der Waals surface area contributed by atoms with E-state index in [4.69, 9.17) is 23.2 Å². The lowest BCUT2D eigenvalue weighted by atomic mass is 9.79. The van der Waals surface area contributed by atoms with Gasteiger partial charge in [0.25, 0.3) is 0 Å². The van der Waals surface area contributed by atoms with E-state index < -0.39 is 65.3 Å². The van der Waals surface area contributed by atoms with E-state index in [2.05, 4.69) is 0 Å². The normalized spacial score (nSPS) is 18.1. The van der Waals surface area contributed by atoms with Crippen LogP contribution in [0, 0.1) is 0 Å². The van der Waals surface area contributed by atoms with Crippen LogP contribution < -0.4 is 5.32 Å². The number of rotatable bonds is 7. The van der Waals surface area contributed by atoms with Crippen LogP contribution in [0.15, 0.2) is 42.5 Å². The highest BCUT2D eigenvalue weighted by atomic mass is 35.5. The van der Waals surface area contributed by atoms with Crippen LogP contribution in [0.3, 0.4) is 0 Å². The molecule has 1 N–H and O–H groups in total. The fourth-order valence-electron chi connectivity index (χ4n) is 4.21. The van der Waals surface area contributed by atoms with Crippen molar-refractivity contribution in [2.75, 3.05) is 0 Å². The lowest BCUT2D eigenvalue weighted by molar-refractivity contribution is -0.139. The quantitative estimate of drug-likeness (QED) is 0.205. The predicted molar refractivity (Wildman–Crippen MR) is 120 cm³/mol. The van der Waals surface area contributed by atoms with Gasteiger partial charge in [-0.15, -0.1) is 0 Å². The lowest BCUT2D eigenvalue weighted by Gasteiger charge is -2.31. The highest BCUT2D eigenvalue weighted by Crippen LogP contribution is 2.45. The lowest BCUT2D eigenvalue weighted by Crippen LogP contribution is -2.34. The van der Waals surface area contributed by atoms with Crippen molar-refractivity contribution in [1.29, 1.82) is 0 Å². The molecule has 1 unspecified atom stereocenters. The molecule has 1 aliphatic rings. The largest absolute Gasteiger partial charge is 0.399 e. The van der Waals surface area contributed by atoms with E-state index in [9.17, 15) is 35.5 Å². The number of hydrogen-bond acceptors (Lipinski definition) is 1. The number of allylic oxidation sites excluding steroid dienone is 1. The Hall–Kier alpha value is -2.33. The summed E-state index contributed by atoms with van der Waals surface area (Å²) in [6.45, 7) is 0. The number of carbonyl (C=O) groups is 1. The van der Waals surface area contributed by atoms with Crippen LogP contribution in [0.1, 0.15) is 59.8 Å². The van der Waals surface area contributed by atoms with Gasteiger partial charge in [-0.2, -0.15) is 22.0 Å². The fourth-order valence-corrected chi connectivity index (χ4v) is 4.76. The topological polar surface area (TPSA) is 29.1 Å². The van der Waals surface area contributed by atoms with Gasteiger partial charge in [0.15, 0.2) is 0 Å². The van der Waals surface area contributed by atoms with Crippen molar-refractivity contribution in [1.82, 2.24) is 5.32 Å². The van der Waals surface area contributed by atoms with Crippen molar-refractivity contribution in [3.05, 3.63) is 74.8 Å². The Morgan fingerprint density at radius 3 is 2.11 bits per heavy atom. The molecule has 196 valence electrons. The Morgan fingerprint density at radius 2 is 1.58 bits per heavy atom. The van der Waals surface area contributed by atoms with Gasteiger partial charge in [0.1, 0.15) is 11.7 Å². The molecule has 0 aliphatic heterocycles. The number of nitrogens with one attached hydrogen (secondary N) is 1. The van der Waals surface area contributed by atoms with Crippen LogP contribution in [0.5, 0.6) is 0 Å². The van der Waals surface area contributed by atoms with Gasteiger partial charge in [-0.05, 0) is 60.2 Å². The maximum Gasteiger partial charge on any atom is 0.399 e. The highest BCUT2D eigenvalue weighted by molar-refractivity contribution is 6.34. The summed E-state index contributed by atoms with van der Waals surface area (Å²) >= 11 is 11.6. The molecular formula is C24H19Cl2F8NO. The minimum Gasteiger partial charge on any atom is -0.296 e. The molecule has 0 aromatic heterocycles. The van der Waals surface area contributed by atoms with Gasteiger partial charge in [-0.25, -0.2) is 13.2 Å². The molecular weight excluding hydrogens is 541 g/mol. The summed E-state index contributed by atoms with van der Waals surface area (Å²) in [5.74, 6) is -7.66. The molecule has 0 spiro atoms. The van der Waals surface area contributed by atoms with Crippen LogP contribution in [-0.4, -0.2) is 18.5 Å². The fraction of sp³-hybridized carbons (Fsp3) is 0.375. The Bertz CT molecular complexity index is 1120. The molecule has 0 radical (unpaired) electrons. The average molecular weight is 560 g/mol. The third-order valence-electron chi connectivity index (χ3n) is 5.97. The van der Waals surface area contributed by atoms with Crippen molar-refractivity contribution in [2.45, 2.75) is 55.7 Å². The van der Waals surface area contributed by atoms with Crippen LogP contribution in [0.4, 0.5) is 35.1 Å². The first kappa shape index (κ1) is 28.2. The number of hydrogen-bond donors (Lipinski definition) is 1. The number of amides is 1. The minimum atomic E-state index is -4.98. The molecule has 0 heterocycles. The first-order valence-corrected chi connectivity index (χ1v) is 11.4. The zero-order chi connectivity index (χ0) is 26.9. The van der Waals surface area contributed by atoms with Crippen LogP contribution in [0.2, 0.25) is 10.0 Å². The molecule has 2 nitrogen and oxygen atoms in total. The third-order valence-corrected chi connectivity index (χ3v) is 6.41. The molecule has 0 saturated heterocycles. The third kappa shape index (κ3) is 6.70. The van der Waals surface area contributed by atoms with Crippen LogP contribution in [-0.2, 0) is 10.8 Å². The molecule has 12 heteroatoms. The van der Waals surface area contributed by atoms with Crippen molar-refractivity contribution in [3.8, 4) is 0 Å². The second kappa shape index (κ2) is 10.6. The summed E-state index contributed by atoms with van der Waals surface area (Å²) in [6.07, 6.45) is -6.44. The summed E-state index contributed by atoms with van der Waals surface area (Å²) in [4.78, 5) is 10.7. The van der Waals surface area contributed by atoms with Crippen LogP contribution in [0.25, 0.3) is 5.83 Å².